The third kappa shape index (κ3) is 2.23. The number of carbonyl (C=O) groups is 2. The van der Waals surface area contributed by atoms with Crippen molar-refractivity contribution < 1.29 is 9.59 Å². The van der Waals surface area contributed by atoms with Crippen LogP contribution in [0.25, 0.3) is 0 Å². The van der Waals surface area contributed by atoms with Crippen LogP contribution in [-0.2, 0) is 0 Å². The molecule has 0 saturated heterocycles. The lowest BCUT2D eigenvalue weighted by molar-refractivity contribution is 0.0979. The van der Waals surface area contributed by atoms with Gasteiger partial charge in [0.05, 0.1) is 0 Å². The van der Waals surface area contributed by atoms with Crippen molar-refractivity contribution in [3.8, 4) is 0 Å². The summed E-state index contributed by atoms with van der Waals surface area (Å²) in [4.78, 5) is 25.9. The molecule has 0 unspecified atom stereocenters. The first-order valence-corrected chi connectivity index (χ1v) is 8.34. The second kappa shape index (κ2) is 5.54. The molecule has 100 valence electrons. The molecule has 0 amide bonds. The van der Waals surface area contributed by atoms with Crippen LogP contribution in [0.2, 0.25) is 0 Å². The molecule has 2 aromatic rings. The molecule has 0 radical (unpaired) electrons. The maximum absolute atomic E-state index is 12.5. The Hall–Kier alpha value is -1.39. The maximum atomic E-state index is 12.5. The summed E-state index contributed by atoms with van der Waals surface area (Å²) < 4.78 is 0. The van der Waals surface area contributed by atoms with Gasteiger partial charge in [0, 0.05) is 38.2 Å². The Kier molecular flexibility index (Phi) is 3.76. The van der Waals surface area contributed by atoms with Crippen LogP contribution in [0, 0.1) is 0 Å². The van der Waals surface area contributed by atoms with Gasteiger partial charge in [0.15, 0.2) is 11.6 Å². The first kappa shape index (κ1) is 13.6. The second-order valence-corrected chi connectivity index (χ2v) is 6.41. The van der Waals surface area contributed by atoms with Crippen molar-refractivity contribution in [1.29, 1.82) is 0 Å². The van der Waals surface area contributed by atoms with E-state index in [-0.39, 0.29) is 11.6 Å². The topological polar surface area (TPSA) is 34.1 Å². The summed E-state index contributed by atoms with van der Waals surface area (Å²) in [6.07, 6.45) is 0. The van der Waals surface area contributed by atoms with Gasteiger partial charge in [-0.1, -0.05) is 40.2 Å². The van der Waals surface area contributed by atoms with Gasteiger partial charge in [-0.2, -0.15) is 0 Å². The monoisotopic (exact) mass is 346 g/mol. The Morgan fingerprint density at radius 2 is 1.45 bits per heavy atom. The van der Waals surface area contributed by atoms with Gasteiger partial charge in [-0.3, -0.25) is 9.59 Å². The van der Waals surface area contributed by atoms with E-state index in [0.29, 0.717) is 22.3 Å². The molecule has 1 aliphatic rings. The van der Waals surface area contributed by atoms with E-state index in [0.717, 1.165) is 16.0 Å². The van der Waals surface area contributed by atoms with Crippen LogP contribution in [0.4, 0.5) is 0 Å². The lowest BCUT2D eigenvalue weighted by Crippen LogP contribution is -2.20. The van der Waals surface area contributed by atoms with E-state index < -0.39 is 0 Å². The zero-order valence-corrected chi connectivity index (χ0v) is 13.0. The highest BCUT2D eigenvalue weighted by atomic mass is 79.9. The fourth-order valence-corrected chi connectivity index (χ4v) is 3.49. The number of benzene rings is 2. The molecule has 3 rings (SSSR count). The number of ketones is 2. The molecule has 0 aromatic heterocycles. The number of halogens is 1. The van der Waals surface area contributed by atoms with E-state index in [4.69, 9.17) is 0 Å². The number of hydrogen-bond donors (Lipinski definition) is 0. The Labute approximate surface area is 129 Å². The summed E-state index contributed by atoms with van der Waals surface area (Å²) in [6, 6.07) is 12.5. The van der Waals surface area contributed by atoms with Gasteiger partial charge in [0.1, 0.15) is 0 Å². The van der Waals surface area contributed by atoms with Crippen LogP contribution in [0.3, 0.4) is 0 Å². The lowest BCUT2D eigenvalue weighted by atomic mass is 9.84. The summed E-state index contributed by atoms with van der Waals surface area (Å²) in [7, 11) is 0. The van der Waals surface area contributed by atoms with Crippen LogP contribution >= 0.6 is 27.7 Å². The number of hydrogen-bond acceptors (Lipinski definition) is 3. The normalized spacial score (nSPS) is 13.1. The minimum Gasteiger partial charge on any atom is -0.289 e. The molecule has 1 aliphatic carbocycles. The van der Waals surface area contributed by atoms with Crippen molar-refractivity contribution in [3.63, 3.8) is 0 Å². The molecule has 2 nitrogen and oxygen atoms in total. The lowest BCUT2D eigenvalue weighted by Gasteiger charge is -2.17. The van der Waals surface area contributed by atoms with E-state index in [1.807, 2.05) is 12.1 Å². The summed E-state index contributed by atoms with van der Waals surface area (Å²) in [5.41, 5.74) is 2.05. The Balaban J connectivity index is 2.09. The van der Waals surface area contributed by atoms with Crippen LogP contribution in [0.5, 0.6) is 0 Å². The average Bonchev–Trinajstić information content (AvgIpc) is 2.50. The molecule has 0 fully saturated rings. The van der Waals surface area contributed by atoms with Crippen LogP contribution < -0.4 is 0 Å². The van der Waals surface area contributed by atoms with Crippen LogP contribution in [0.15, 0.2) is 47.4 Å². The predicted octanol–water partition coefficient (Wildman–Crippen LogP) is 3.95. The van der Waals surface area contributed by atoms with Gasteiger partial charge in [0.25, 0.3) is 0 Å². The highest BCUT2D eigenvalue weighted by Gasteiger charge is 2.29. The summed E-state index contributed by atoms with van der Waals surface area (Å²) >= 11 is 5.05. The molecule has 2 aromatic carbocycles. The molecular formula is C16H11BrO2S. The third-order valence-corrected chi connectivity index (χ3v) is 5.16. The molecule has 0 atom stereocenters. The minimum absolute atomic E-state index is 0.0588. The summed E-state index contributed by atoms with van der Waals surface area (Å²) in [5.74, 6) is 0.807. The molecule has 0 N–H and O–H groups in total. The Morgan fingerprint density at radius 1 is 0.850 bits per heavy atom. The zero-order chi connectivity index (χ0) is 14.1. The molecule has 0 bridgehead atoms. The third-order valence-electron chi connectivity index (χ3n) is 3.24. The smallest absolute Gasteiger partial charge is 0.194 e. The summed E-state index contributed by atoms with van der Waals surface area (Å²) in [5, 5.41) is 0.893. The minimum atomic E-state index is -0.0627. The first-order valence-electron chi connectivity index (χ1n) is 6.23. The maximum Gasteiger partial charge on any atom is 0.194 e. The molecule has 0 aliphatic heterocycles. The van der Waals surface area contributed by atoms with Crippen molar-refractivity contribution in [2.75, 3.05) is 11.1 Å². The molecule has 0 spiro atoms. The van der Waals surface area contributed by atoms with Gasteiger partial charge in [0.2, 0.25) is 0 Å². The van der Waals surface area contributed by atoms with Gasteiger partial charge >= 0.3 is 0 Å². The first-order chi connectivity index (χ1) is 9.72. The highest BCUT2D eigenvalue weighted by Crippen LogP contribution is 2.30. The predicted molar refractivity (Wildman–Crippen MR) is 84.3 cm³/mol. The molecule has 20 heavy (non-hydrogen) atoms. The highest BCUT2D eigenvalue weighted by molar-refractivity contribution is 9.09. The van der Waals surface area contributed by atoms with E-state index in [1.54, 1.807) is 42.1 Å². The fourth-order valence-electron chi connectivity index (χ4n) is 2.32. The number of rotatable bonds is 3. The van der Waals surface area contributed by atoms with Crippen LogP contribution in [-0.4, -0.2) is 22.6 Å². The summed E-state index contributed by atoms with van der Waals surface area (Å²) in [6.45, 7) is 0. The average molecular weight is 347 g/mol. The second-order valence-electron chi connectivity index (χ2n) is 4.45. The Bertz CT molecular complexity index is 709. The van der Waals surface area contributed by atoms with Crippen molar-refractivity contribution in [2.45, 2.75) is 4.90 Å². The van der Waals surface area contributed by atoms with Gasteiger partial charge in [-0.05, 0) is 18.2 Å². The van der Waals surface area contributed by atoms with E-state index in [2.05, 4.69) is 15.9 Å². The number of thioether (sulfide) groups is 1. The molecule has 0 heterocycles. The quantitative estimate of drug-likeness (QED) is 0.531. The van der Waals surface area contributed by atoms with Gasteiger partial charge in [-0.15, -0.1) is 11.8 Å². The van der Waals surface area contributed by atoms with Crippen molar-refractivity contribution in [2.24, 2.45) is 0 Å². The van der Waals surface area contributed by atoms with E-state index in [1.165, 1.54) is 0 Å². The van der Waals surface area contributed by atoms with Crippen LogP contribution in [0.1, 0.15) is 31.8 Å². The number of carbonyl (C=O) groups excluding carboxylic acids is 2. The number of fused-ring (bicyclic) bond motifs is 2. The SMILES string of the molecule is O=C1c2ccccc2C(=O)c2cc(SCCBr)ccc21. The van der Waals surface area contributed by atoms with Crippen molar-refractivity contribution in [3.05, 3.63) is 64.7 Å². The molecular weight excluding hydrogens is 336 g/mol. The fraction of sp³-hybridized carbons (Fsp3) is 0.125. The van der Waals surface area contributed by atoms with Gasteiger partial charge in [-0.25, -0.2) is 0 Å². The molecule has 4 heteroatoms. The standard InChI is InChI=1S/C16H11BrO2S/c17-7-8-20-10-5-6-13-14(9-10)16(19)12-4-2-1-3-11(12)15(13)18/h1-6,9H,7-8H2. The zero-order valence-electron chi connectivity index (χ0n) is 10.6. The van der Waals surface area contributed by atoms with Crippen molar-refractivity contribution in [1.82, 2.24) is 0 Å². The number of alkyl halides is 1. The van der Waals surface area contributed by atoms with Crippen molar-refractivity contribution >= 4 is 39.3 Å². The van der Waals surface area contributed by atoms with E-state index >= 15 is 0 Å². The Morgan fingerprint density at radius 3 is 2.10 bits per heavy atom. The molecule has 0 saturated carbocycles. The van der Waals surface area contributed by atoms with Gasteiger partial charge < -0.3 is 0 Å². The van der Waals surface area contributed by atoms with E-state index in [9.17, 15) is 9.59 Å². The largest absolute Gasteiger partial charge is 0.289 e.